The van der Waals surface area contributed by atoms with Crippen LogP contribution in [-0.2, 0) is 6.54 Å². The van der Waals surface area contributed by atoms with Gasteiger partial charge in [-0.1, -0.05) is 11.8 Å². The first-order valence-corrected chi connectivity index (χ1v) is 8.61. The molecule has 3 aromatic rings. The van der Waals surface area contributed by atoms with Gasteiger partial charge in [-0.15, -0.1) is 0 Å². The molecule has 0 aliphatic rings. The van der Waals surface area contributed by atoms with Gasteiger partial charge in [0.2, 0.25) is 0 Å². The summed E-state index contributed by atoms with van der Waals surface area (Å²) in [5.74, 6) is 0.960. The lowest BCUT2D eigenvalue weighted by Crippen LogP contribution is -2.15. The summed E-state index contributed by atoms with van der Waals surface area (Å²) in [6, 6.07) is 7.52. The standard InChI is InChI=1S/C18H19N3O2S/c1-12-10-16(13(2)21(12)11-15-6-4-9-23-15)17(22)14(3)24-18-19-7-5-8-20-18/h4-10,14H,11H2,1-3H3/t14-/m1/s1. The number of thioether (sulfide) groups is 1. The first-order valence-electron chi connectivity index (χ1n) is 7.73. The number of Topliss-reactive ketones (excluding diaryl/α,β-unsaturated/α-hetero) is 1. The number of hydrogen-bond donors (Lipinski definition) is 0. The zero-order valence-electron chi connectivity index (χ0n) is 13.9. The molecule has 3 rings (SSSR count). The van der Waals surface area contributed by atoms with Crippen LogP contribution < -0.4 is 0 Å². The van der Waals surface area contributed by atoms with Gasteiger partial charge in [0, 0.05) is 29.3 Å². The van der Waals surface area contributed by atoms with Crippen LogP contribution in [0.3, 0.4) is 0 Å². The molecule has 0 aromatic carbocycles. The minimum absolute atomic E-state index is 0.0891. The van der Waals surface area contributed by atoms with E-state index in [0.29, 0.717) is 11.7 Å². The van der Waals surface area contributed by atoms with Crippen LogP contribution in [-0.4, -0.2) is 25.6 Å². The Morgan fingerprint density at radius 3 is 2.71 bits per heavy atom. The highest BCUT2D eigenvalue weighted by Crippen LogP contribution is 2.25. The van der Waals surface area contributed by atoms with Crippen molar-refractivity contribution in [1.82, 2.24) is 14.5 Å². The molecule has 0 aliphatic heterocycles. The van der Waals surface area contributed by atoms with Gasteiger partial charge in [0.1, 0.15) is 5.76 Å². The van der Waals surface area contributed by atoms with Gasteiger partial charge in [-0.2, -0.15) is 0 Å². The molecule has 0 fully saturated rings. The van der Waals surface area contributed by atoms with Gasteiger partial charge in [0.15, 0.2) is 10.9 Å². The Bertz CT molecular complexity index is 826. The lowest BCUT2D eigenvalue weighted by atomic mass is 10.1. The van der Waals surface area contributed by atoms with Gasteiger partial charge >= 0.3 is 0 Å². The Morgan fingerprint density at radius 2 is 2.04 bits per heavy atom. The van der Waals surface area contributed by atoms with Crippen molar-refractivity contribution >= 4 is 17.5 Å². The molecular formula is C18H19N3O2S. The predicted octanol–water partition coefficient (Wildman–Crippen LogP) is 3.90. The van der Waals surface area contributed by atoms with Gasteiger partial charge in [-0.25, -0.2) is 9.97 Å². The van der Waals surface area contributed by atoms with E-state index in [1.807, 2.05) is 39.0 Å². The lowest BCUT2D eigenvalue weighted by molar-refractivity contribution is 0.0993. The lowest BCUT2D eigenvalue weighted by Gasteiger charge is -2.10. The molecule has 0 bridgehead atoms. The van der Waals surface area contributed by atoms with Gasteiger partial charge in [-0.05, 0) is 45.0 Å². The summed E-state index contributed by atoms with van der Waals surface area (Å²) in [6.07, 6.45) is 5.03. The maximum atomic E-state index is 12.8. The van der Waals surface area contributed by atoms with E-state index in [2.05, 4.69) is 14.5 Å². The van der Waals surface area contributed by atoms with E-state index in [0.717, 1.165) is 22.7 Å². The third-order valence-electron chi connectivity index (χ3n) is 3.93. The van der Waals surface area contributed by atoms with Crippen molar-refractivity contribution in [3.05, 3.63) is 65.6 Å². The normalized spacial score (nSPS) is 12.3. The molecule has 0 aliphatic carbocycles. The van der Waals surface area contributed by atoms with Gasteiger partial charge in [0.25, 0.3) is 0 Å². The van der Waals surface area contributed by atoms with E-state index >= 15 is 0 Å². The van der Waals surface area contributed by atoms with Crippen molar-refractivity contribution in [1.29, 1.82) is 0 Å². The van der Waals surface area contributed by atoms with Crippen molar-refractivity contribution in [2.24, 2.45) is 0 Å². The SMILES string of the molecule is Cc1cc(C(=O)[C@@H](C)Sc2ncccn2)c(C)n1Cc1ccco1. The molecule has 0 saturated heterocycles. The largest absolute Gasteiger partial charge is 0.467 e. The molecule has 124 valence electrons. The summed E-state index contributed by atoms with van der Waals surface area (Å²) in [7, 11) is 0. The molecule has 0 N–H and O–H groups in total. The first kappa shape index (κ1) is 16.5. The van der Waals surface area contributed by atoms with Crippen molar-refractivity contribution in [2.45, 2.75) is 37.7 Å². The fourth-order valence-corrected chi connectivity index (χ4v) is 3.42. The molecule has 0 amide bonds. The smallest absolute Gasteiger partial charge is 0.188 e. The minimum Gasteiger partial charge on any atom is -0.467 e. The van der Waals surface area contributed by atoms with Gasteiger partial charge in [0.05, 0.1) is 18.1 Å². The second-order valence-corrected chi connectivity index (χ2v) is 6.91. The fraction of sp³-hybridized carbons (Fsp3) is 0.278. The van der Waals surface area contributed by atoms with Crippen LogP contribution in [0.1, 0.15) is 34.4 Å². The zero-order valence-corrected chi connectivity index (χ0v) is 14.7. The molecule has 3 heterocycles. The molecular weight excluding hydrogens is 322 g/mol. The third kappa shape index (κ3) is 3.43. The van der Waals surface area contributed by atoms with Crippen molar-refractivity contribution in [3.8, 4) is 0 Å². The van der Waals surface area contributed by atoms with E-state index in [-0.39, 0.29) is 11.0 Å². The van der Waals surface area contributed by atoms with E-state index in [9.17, 15) is 4.79 Å². The van der Waals surface area contributed by atoms with Crippen molar-refractivity contribution < 1.29 is 9.21 Å². The number of aromatic nitrogens is 3. The third-order valence-corrected chi connectivity index (χ3v) is 4.92. The fourth-order valence-electron chi connectivity index (χ4n) is 2.63. The molecule has 24 heavy (non-hydrogen) atoms. The molecule has 0 saturated carbocycles. The molecule has 3 aromatic heterocycles. The maximum absolute atomic E-state index is 12.8. The van der Waals surface area contributed by atoms with E-state index in [4.69, 9.17) is 4.42 Å². The highest BCUT2D eigenvalue weighted by atomic mass is 32.2. The monoisotopic (exact) mass is 341 g/mol. The number of ketones is 1. The minimum atomic E-state index is -0.245. The Labute approximate surface area is 145 Å². The van der Waals surface area contributed by atoms with Crippen LogP contribution in [0.2, 0.25) is 0 Å². The summed E-state index contributed by atoms with van der Waals surface area (Å²) in [6.45, 7) is 6.49. The topological polar surface area (TPSA) is 60.9 Å². The molecule has 0 spiro atoms. The number of carbonyl (C=O) groups is 1. The van der Waals surface area contributed by atoms with Gasteiger partial charge in [-0.3, -0.25) is 4.79 Å². The quantitative estimate of drug-likeness (QED) is 0.386. The average Bonchev–Trinajstić information content (AvgIpc) is 3.19. The Morgan fingerprint density at radius 1 is 1.29 bits per heavy atom. The molecule has 5 nitrogen and oxygen atoms in total. The number of rotatable bonds is 6. The number of aryl methyl sites for hydroxylation is 1. The summed E-state index contributed by atoms with van der Waals surface area (Å²) in [4.78, 5) is 21.2. The highest BCUT2D eigenvalue weighted by molar-refractivity contribution is 8.00. The maximum Gasteiger partial charge on any atom is 0.188 e. The Hall–Kier alpha value is -2.34. The van der Waals surface area contributed by atoms with Crippen LogP contribution in [0.4, 0.5) is 0 Å². The second-order valence-electron chi connectivity index (χ2n) is 5.61. The highest BCUT2D eigenvalue weighted by Gasteiger charge is 2.22. The van der Waals surface area contributed by atoms with Crippen LogP contribution in [0, 0.1) is 13.8 Å². The molecule has 6 heteroatoms. The number of furan rings is 1. The van der Waals surface area contributed by atoms with E-state index < -0.39 is 0 Å². The summed E-state index contributed by atoms with van der Waals surface area (Å²) in [5, 5.41) is 0.368. The van der Waals surface area contributed by atoms with E-state index in [1.54, 1.807) is 24.7 Å². The second kappa shape index (κ2) is 7.05. The summed E-state index contributed by atoms with van der Waals surface area (Å²) < 4.78 is 7.52. The molecule has 0 radical (unpaired) electrons. The zero-order chi connectivity index (χ0) is 17.1. The number of nitrogens with zero attached hydrogens (tertiary/aromatic N) is 3. The predicted molar refractivity (Wildman–Crippen MR) is 93.4 cm³/mol. The summed E-state index contributed by atoms with van der Waals surface area (Å²) >= 11 is 1.38. The van der Waals surface area contributed by atoms with E-state index in [1.165, 1.54) is 11.8 Å². The van der Waals surface area contributed by atoms with Gasteiger partial charge < -0.3 is 8.98 Å². The average molecular weight is 341 g/mol. The van der Waals surface area contributed by atoms with Crippen molar-refractivity contribution in [2.75, 3.05) is 0 Å². The van der Waals surface area contributed by atoms with Crippen LogP contribution in [0.25, 0.3) is 0 Å². The van der Waals surface area contributed by atoms with Crippen LogP contribution >= 0.6 is 11.8 Å². The Kier molecular flexibility index (Phi) is 4.85. The Balaban J connectivity index is 1.80. The van der Waals surface area contributed by atoms with Crippen LogP contribution in [0.15, 0.2) is 52.5 Å². The molecule has 0 unspecified atom stereocenters. The van der Waals surface area contributed by atoms with Crippen LogP contribution in [0.5, 0.6) is 0 Å². The summed E-state index contributed by atoms with van der Waals surface area (Å²) in [5.41, 5.74) is 2.74. The number of carbonyl (C=O) groups excluding carboxylic acids is 1. The number of hydrogen-bond acceptors (Lipinski definition) is 5. The van der Waals surface area contributed by atoms with Crippen molar-refractivity contribution in [3.63, 3.8) is 0 Å². The first-order chi connectivity index (χ1) is 11.6. The molecule has 1 atom stereocenters.